The molecule has 1 aromatic carbocycles. The first-order valence-corrected chi connectivity index (χ1v) is 5.59. The Morgan fingerprint density at radius 1 is 1.31 bits per heavy atom. The number of nitrogens with zero attached hydrogens (tertiary/aromatic N) is 2. The van der Waals surface area contributed by atoms with Gasteiger partial charge in [-0.3, -0.25) is 0 Å². The molecule has 0 saturated heterocycles. The predicted molar refractivity (Wildman–Crippen MR) is 62.0 cm³/mol. The molecule has 0 spiro atoms. The summed E-state index contributed by atoms with van der Waals surface area (Å²) in [6, 6.07) is 11.2. The van der Waals surface area contributed by atoms with Gasteiger partial charge in [-0.1, -0.05) is 6.07 Å². The fourth-order valence-electron chi connectivity index (χ4n) is 1.50. The van der Waals surface area contributed by atoms with Crippen molar-refractivity contribution in [1.29, 1.82) is 5.26 Å². The lowest BCUT2D eigenvalue weighted by atomic mass is 10.2. The minimum Gasteiger partial charge on any atom is -0.435 e. The predicted octanol–water partition coefficient (Wildman–Crippen LogP) is 3.43. The number of thiophene rings is 1. The van der Waals surface area contributed by atoms with E-state index in [9.17, 15) is 0 Å². The van der Waals surface area contributed by atoms with Crippen molar-refractivity contribution >= 4 is 22.4 Å². The zero-order valence-electron chi connectivity index (χ0n) is 8.18. The molecule has 0 fully saturated rings. The standard InChI is InChI=1S/C12H6N2OS/c13-7-8-3-4-10-9(6-8)14-12(15-10)11-2-1-5-16-11/h1-6H. The first kappa shape index (κ1) is 9.13. The van der Waals surface area contributed by atoms with Crippen LogP contribution >= 0.6 is 11.3 Å². The Morgan fingerprint density at radius 3 is 3.00 bits per heavy atom. The van der Waals surface area contributed by atoms with Gasteiger partial charge in [0, 0.05) is 0 Å². The molecule has 3 aromatic rings. The molecule has 3 rings (SSSR count). The minimum atomic E-state index is 0.596. The third kappa shape index (κ3) is 1.38. The van der Waals surface area contributed by atoms with Gasteiger partial charge in [-0.05, 0) is 29.6 Å². The van der Waals surface area contributed by atoms with E-state index in [0.717, 1.165) is 10.4 Å². The number of nitriles is 1. The summed E-state index contributed by atoms with van der Waals surface area (Å²) < 4.78 is 5.60. The van der Waals surface area contributed by atoms with Gasteiger partial charge < -0.3 is 4.42 Å². The maximum atomic E-state index is 8.78. The molecule has 0 radical (unpaired) electrons. The SMILES string of the molecule is N#Cc1ccc2oc(-c3cccs3)nc2c1. The number of hydrogen-bond donors (Lipinski definition) is 0. The molecule has 0 aliphatic heterocycles. The van der Waals surface area contributed by atoms with Gasteiger partial charge in [0.25, 0.3) is 0 Å². The third-order valence-electron chi connectivity index (χ3n) is 2.25. The zero-order chi connectivity index (χ0) is 11.0. The van der Waals surface area contributed by atoms with Crippen molar-refractivity contribution < 1.29 is 4.42 Å². The summed E-state index contributed by atoms with van der Waals surface area (Å²) in [4.78, 5) is 5.35. The summed E-state index contributed by atoms with van der Waals surface area (Å²) in [5, 5.41) is 10.8. The Bertz CT molecular complexity index is 677. The molecule has 4 heteroatoms. The van der Waals surface area contributed by atoms with Crippen molar-refractivity contribution in [3.05, 3.63) is 41.3 Å². The maximum absolute atomic E-state index is 8.78. The van der Waals surface area contributed by atoms with Gasteiger partial charge in [-0.25, -0.2) is 4.98 Å². The van der Waals surface area contributed by atoms with Gasteiger partial charge in [-0.15, -0.1) is 11.3 Å². The quantitative estimate of drug-likeness (QED) is 0.638. The van der Waals surface area contributed by atoms with Crippen molar-refractivity contribution in [1.82, 2.24) is 4.98 Å². The van der Waals surface area contributed by atoms with Crippen LogP contribution in [0, 0.1) is 11.3 Å². The van der Waals surface area contributed by atoms with E-state index < -0.39 is 0 Å². The van der Waals surface area contributed by atoms with Gasteiger partial charge in [0.15, 0.2) is 5.58 Å². The second-order valence-electron chi connectivity index (χ2n) is 3.29. The molecule has 76 valence electrons. The molecule has 0 N–H and O–H groups in total. The van der Waals surface area contributed by atoms with Crippen molar-refractivity contribution in [2.45, 2.75) is 0 Å². The molecule has 0 saturated carbocycles. The van der Waals surface area contributed by atoms with Gasteiger partial charge in [0.1, 0.15) is 5.52 Å². The van der Waals surface area contributed by atoms with E-state index in [1.807, 2.05) is 17.5 Å². The molecule has 0 bridgehead atoms. The number of fused-ring (bicyclic) bond motifs is 1. The molecular weight excluding hydrogens is 220 g/mol. The average Bonchev–Trinajstić information content (AvgIpc) is 2.96. The van der Waals surface area contributed by atoms with Crippen molar-refractivity contribution in [3.63, 3.8) is 0 Å². The largest absolute Gasteiger partial charge is 0.435 e. The van der Waals surface area contributed by atoms with Crippen LogP contribution in [-0.4, -0.2) is 4.98 Å². The number of benzene rings is 1. The average molecular weight is 226 g/mol. The molecule has 16 heavy (non-hydrogen) atoms. The highest BCUT2D eigenvalue weighted by Gasteiger charge is 2.08. The summed E-state index contributed by atoms with van der Waals surface area (Å²) in [5.74, 6) is 0.611. The van der Waals surface area contributed by atoms with Gasteiger partial charge >= 0.3 is 0 Å². The first-order chi connectivity index (χ1) is 7.86. The summed E-state index contributed by atoms with van der Waals surface area (Å²) >= 11 is 1.58. The van der Waals surface area contributed by atoms with Crippen LogP contribution in [0.4, 0.5) is 0 Å². The molecule has 2 aromatic heterocycles. The molecule has 2 heterocycles. The topological polar surface area (TPSA) is 49.8 Å². The van der Waals surface area contributed by atoms with Gasteiger partial charge in [0.2, 0.25) is 5.89 Å². The maximum Gasteiger partial charge on any atom is 0.237 e. The zero-order valence-corrected chi connectivity index (χ0v) is 8.99. The number of hydrogen-bond acceptors (Lipinski definition) is 4. The lowest BCUT2D eigenvalue weighted by Crippen LogP contribution is -1.73. The molecule has 0 amide bonds. The Morgan fingerprint density at radius 2 is 2.25 bits per heavy atom. The van der Waals surface area contributed by atoms with Crippen LogP contribution in [0.25, 0.3) is 21.9 Å². The molecule has 0 atom stereocenters. The molecular formula is C12H6N2OS. The van der Waals surface area contributed by atoms with Gasteiger partial charge in [0.05, 0.1) is 16.5 Å². The highest BCUT2D eigenvalue weighted by Crippen LogP contribution is 2.27. The Labute approximate surface area is 95.6 Å². The van der Waals surface area contributed by atoms with E-state index in [4.69, 9.17) is 9.68 Å². The van der Waals surface area contributed by atoms with Crippen LogP contribution in [0.3, 0.4) is 0 Å². The van der Waals surface area contributed by atoms with E-state index in [1.165, 1.54) is 0 Å². The van der Waals surface area contributed by atoms with Gasteiger partial charge in [-0.2, -0.15) is 5.26 Å². The lowest BCUT2D eigenvalue weighted by molar-refractivity contribution is 0.621. The highest BCUT2D eigenvalue weighted by molar-refractivity contribution is 7.13. The molecule has 3 nitrogen and oxygen atoms in total. The van der Waals surface area contributed by atoms with E-state index >= 15 is 0 Å². The highest BCUT2D eigenvalue weighted by atomic mass is 32.1. The molecule has 0 aliphatic rings. The second-order valence-corrected chi connectivity index (χ2v) is 4.24. The summed E-state index contributed by atoms with van der Waals surface area (Å²) in [6.07, 6.45) is 0. The fraction of sp³-hybridized carbons (Fsp3) is 0. The Hall–Kier alpha value is -2.12. The number of aromatic nitrogens is 1. The van der Waals surface area contributed by atoms with Crippen LogP contribution in [0.5, 0.6) is 0 Å². The van der Waals surface area contributed by atoms with E-state index in [1.54, 1.807) is 29.5 Å². The Kier molecular flexibility index (Phi) is 1.98. The molecule has 0 aliphatic carbocycles. The van der Waals surface area contributed by atoms with Crippen LogP contribution in [0.2, 0.25) is 0 Å². The fourth-order valence-corrected chi connectivity index (χ4v) is 2.15. The van der Waals surface area contributed by atoms with E-state index in [0.29, 0.717) is 17.0 Å². The van der Waals surface area contributed by atoms with Crippen molar-refractivity contribution in [2.75, 3.05) is 0 Å². The number of oxazole rings is 1. The normalized spacial score (nSPS) is 10.4. The smallest absolute Gasteiger partial charge is 0.237 e. The van der Waals surface area contributed by atoms with Crippen LogP contribution < -0.4 is 0 Å². The van der Waals surface area contributed by atoms with Crippen molar-refractivity contribution in [2.24, 2.45) is 0 Å². The number of rotatable bonds is 1. The molecule has 0 unspecified atom stereocenters. The first-order valence-electron chi connectivity index (χ1n) is 4.71. The summed E-state index contributed by atoms with van der Waals surface area (Å²) in [7, 11) is 0. The monoisotopic (exact) mass is 226 g/mol. The lowest BCUT2D eigenvalue weighted by Gasteiger charge is -1.85. The van der Waals surface area contributed by atoms with Crippen LogP contribution in [0.15, 0.2) is 40.1 Å². The third-order valence-corrected chi connectivity index (χ3v) is 3.11. The van der Waals surface area contributed by atoms with E-state index in [-0.39, 0.29) is 0 Å². The second kappa shape index (κ2) is 3.47. The summed E-state index contributed by atoms with van der Waals surface area (Å²) in [6.45, 7) is 0. The Balaban J connectivity index is 2.20. The van der Waals surface area contributed by atoms with E-state index in [2.05, 4.69) is 11.1 Å². The van der Waals surface area contributed by atoms with Crippen LogP contribution in [0.1, 0.15) is 5.56 Å². The summed E-state index contributed by atoms with van der Waals surface area (Å²) in [5.41, 5.74) is 2.03. The van der Waals surface area contributed by atoms with Crippen molar-refractivity contribution in [3.8, 4) is 16.8 Å². The van der Waals surface area contributed by atoms with Crippen LogP contribution in [-0.2, 0) is 0 Å². The minimum absolute atomic E-state index is 0.596.